The topological polar surface area (TPSA) is 95.9 Å². The molecule has 0 aromatic rings. The average Bonchev–Trinajstić information content (AvgIpc) is 3.61. The van der Waals surface area contributed by atoms with Crippen LogP contribution in [0.25, 0.3) is 0 Å². The van der Waals surface area contributed by atoms with Crippen LogP contribution in [0.5, 0.6) is 0 Å². The smallest absolute Gasteiger partial charge is 0.305 e. The van der Waals surface area contributed by atoms with Gasteiger partial charge in [0.1, 0.15) is 0 Å². The molecule has 2 unspecified atom stereocenters. The number of hydrogen-bond acceptors (Lipinski definition) is 5. The summed E-state index contributed by atoms with van der Waals surface area (Å²) in [5.74, 6) is -0.0348. The summed E-state index contributed by atoms with van der Waals surface area (Å²) in [7, 11) is 0. The van der Waals surface area contributed by atoms with E-state index < -0.39 is 12.1 Å². The monoisotopic (exact) mass is 1210 g/mol. The van der Waals surface area contributed by atoms with Crippen molar-refractivity contribution in [3.8, 4) is 0 Å². The average molecular weight is 1210 g/mol. The number of amides is 1. The fourth-order valence-electron chi connectivity index (χ4n) is 12.7. The van der Waals surface area contributed by atoms with E-state index in [1.165, 1.54) is 385 Å². The molecule has 0 bridgehead atoms. The third kappa shape index (κ3) is 71.4. The summed E-state index contributed by atoms with van der Waals surface area (Å²) < 4.78 is 5.52. The lowest BCUT2D eigenvalue weighted by atomic mass is 10.0. The van der Waals surface area contributed by atoms with Crippen molar-refractivity contribution >= 4 is 11.9 Å². The van der Waals surface area contributed by atoms with Crippen LogP contribution in [0.1, 0.15) is 450 Å². The third-order valence-corrected chi connectivity index (χ3v) is 18.7. The molecule has 0 fully saturated rings. The lowest BCUT2D eigenvalue weighted by Crippen LogP contribution is -2.45. The number of carbonyl (C=O) groups is 2. The van der Waals surface area contributed by atoms with Crippen molar-refractivity contribution in [1.82, 2.24) is 5.32 Å². The Morgan fingerprint density at radius 3 is 0.826 bits per heavy atom. The van der Waals surface area contributed by atoms with Gasteiger partial charge >= 0.3 is 5.97 Å². The highest BCUT2D eigenvalue weighted by Gasteiger charge is 2.18. The zero-order valence-electron chi connectivity index (χ0n) is 58.6. The molecule has 2 atom stereocenters. The first kappa shape index (κ1) is 84.3. The Morgan fingerprint density at radius 1 is 0.314 bits per heavy atom. The van der Waals surface area contributed by atoms with Crippen LogP contribution in [0.3, 0.4) is 0 Å². The van der Waals surface area contributed by atoms with E-state index in [-0.39, 0.29) is 18.5 Å². The van der Waals surface area contributed by atoms with Crippen molar-refractivity contribution in [2.75, 3.05) is 13.2 Å². The molecule has 6 nitrogen and oxygen atoms in total. The second-order valence-corrected chi connectivity index (χ2v) is 27.4. The zero-order valence-corrected chi connectivity index (χ0v) is 58.6. The van der Waals surface area contributed by atoms with Gasteiger partial charge in [-0.2, -0.15) is 0 Å². The van der Waals surface area contributed by atoms with Crippen molar-refractivity contribution in [2.24, 2.45) is 0 Å². The van der Waals surface area contributed by atoms with Crippen LogP contribution < -0.4 is 5.32 Å². The van der Waals surface area contributed by atoms with Crippen LogP contribution in [-0.2, 0) is 14.3 Å². The van der Waals surface area contributed by atoms with Crippen LogP contribution in [0.2, 0.25) is 0 Å². The maximum atomic E-state index is 12.5. The molecule has 0 rings (SSSR count). The molecule has 1 amide bonds. The van der Waals surface area contributed by atoms with Gasteiger partial charge in [0.25, 0.3) is 0 Å². The number of allylic oxidation sites excluding steroid dienone is 3. The molecule has 0 saturated carbocycles. The van der Waals surface area contributed by atoms with Gasteiger partial charge in [0.15, 0.2) is 0 Å². The minimum absolute atomic E-state index is 0.0261. The number of unbranched alkanes of at least 4 members (excludes halogenated alkanes) is 62. The zero-order chi connectivity index (χ0) is 62.0. The summed E-state index contributed by atoms with van der Waals surface area (Å²) in [5, 5.41) is 23.2. The fraction of sp³-hybridized carbons (Fsp3) is 0.925. The van der Waals surface area contributed by atoms with Crippen LogP contribution >= 0.6 is 0 Å². The number of ether oxygens (including phenoxy) is 1. The first-order valence-electron chi connectivity index (χ1n) is 39.6. The molecule has 0 spiro atoms. The molecule has 0 aromatic heterocycles. The number of aliphatic hydroxyl groups excluding tert-OH is 2. The number of nitrogens with one attached hydrogen (secondary N) is 1. The second kappa shape index (κ2) is 75.8. The summed E-state index contributed by atoms with van der Waals surface area (Å²) in [6.45, 7) is 4.95. The second-order valence-electron chi connectivity index (χ2n) is 27.4. The maximum Gasteiger partial charge on any atom is 0.305 e. The van der Waals surface area contributed by atoms with E-state index in [0.29, 0.717) is 19.4 Å². The largest absolute Gasteiger partial charge is 0.466 e. The molecular formula is C80H155NO5. The van der Waals surface area contributed by atoms with E-state index in [1.54, 1.807) is 6.08 Å². The van der Waals surface area contributed by atoms with Gasteiger partial charge in [0.2, 0.25) is 5.91 Å². The first-order valence-corrected chi connectivity index (χ1v) is 39.6. The van der Waals surface area contributed by atoms with Crippen LogP contribution in [0, 0.1) is 0 Å². The molecular weight excluding hydrogens is 1050 g/mol. The number of rotatable bonds is 75. The minimum Gasteiger partial charge on any atom is -0.466 e. The van der Waals surface area contributed by atoms with Crippen molar-refractivity contribution in [3.63, 3.8) is 0 Å². The standard InChI is InChI=1S/C80H155NO5/c1-3-5-7-9-11-13-15-17-19-41-46-50-54-58-62-66-70-74-80(85)86-75-71-67-63-59-55-51-47-43-40-38-36-34-32-30-28-26-24-22-20-21-23-25-27-29-31-33-35-37-39-42-45-49-53-57-61-65-69-73-79(84)81-77(76-82)78(83)72-68-64-60-56-52-48-44-18-16-14-12-10-8-6-4-2/h20,22,68,72,77-78,82-83H,3-19,21,23-67,69-71,73-76H2,1-2H3,(H,81,84)/b22-20-,72-68+. The fourth-order valence-corrected chi connectivity index (χ4v) is 12.7. The van der Waals surface area contributed by atoms with Gasteiger partial charge in [-0.25, -0.2) is 0 Å². The normalized spacial score (nSPS) is 12.6. The van der Waals surface area contributed by atoms with Gasteiger partial charge < -0.3 is 20.3 Å². The molecule has 0 radical (unpaired) electrons. The van der Waals surface area contributed by atoms with Gasteiger partial charge in [0, 0.05) is 12.8 Å². The summed E-state index contributed by atoms with van der Waals surface area (Å²) in [4.78, 5) is 24.6. The molecule has 0 aliphatic heterocycles. The van der Waals surface area contributed by atoms with Crippen molar-refractivity contribution in [3.05, 3.63) is 24.3 Å². The van der Waals surface area contributed by atoms with E-state index in [0.717, 1.165) is 38.5 Å². The molecule has 3 N–H and O–H groups in total. The molecule has 0 aliphatic carbocycles. The summed E-state index contributed by atoms with van der Waals surface area (Å²) in [6, 6.07) is -0.624. The Kier molecular flexibility index (Phi) is 74.3. The van der Waals surface area contributed by atoms with Crippen molar-refractivity contribution in [2.45, 2.75) is 463 Å². The first-order chi connectivity index (χ1) is 42.5. The maximum absolute atomic E-state index is 12.5. The summed E-state index contributed by atoms with van der Waals surface area (Å²) in [5.41, 5.74) is 0. The molecule has 0 heterocycles. The van der Waals surface area contributed by atoms with Crippen LogP contribution in [0.4, 0.5) is 0 Å². The van der Waals surface area contributed by atoms with E-state index in [4.69, 9.17) is 4.74 Å². The Balaban J connectivity index is 3.32. The van der Waals surface area contributed by atoms with E-state index in [9.17, 15) is 19.8 Å². The summed E-state index contributed by atoms with van der Waals surface area (Å²) in [6.07, 6.45) is 97.4. The quantitative estimate of drug-likeness (QED) is 0.0320. The molecule has 0 aromatic carbocycles. The van der Waals surface area contributed by atoms with Gasteiger partial charge in [-0.1, -0.05) is 404 Å². The SMILES string of the molecule is CCCCCCCCCCCCCCC/C=C/C(O)C(CO)NC(=O)CCCCCCCCCCCCCCCCCCC/C=C\CCCCCCCCCCCCCCCCCCOC(=O)CCCCCCCCCCCCCCCCCCC. The van der Waals surface area contributed by atoms with Crippen LogP contribution in [-0.4, -0.2) is 47.4 Å². The number of aliphatic hydroxyl groups is 2. The van der Waals surface area contributed by atoms with Gasteiger partial charge in [-0.15, -0.1) is 0 Å². The predicted molar refractivity (Wildman–Crippen MR) is 380 cm³/mol. The predicted octanol–water partition coefficient (Wildman–Crippen LogP) is 26.0. The Labute approximate surface area is 539 Å². The van der Waals surface area contributed by atoms with Gasteiger partial charge in [-0.3, -0.25) is 9.59 Å². The highest BCUT2D eigenvalue weighted by Crippen LogP contribution is 2.20. The van der Waals surface area contributed by atoms with E-state index >= 15 is 0 Å². The molecule has 510 valence electrons. The van der Waals surface area contributed by atoms with Gasteiger partial charge in [-0.05, 0) is 57.8 Å². The third-order valence-electron chi connectivity index (χ3n) is 18.7. The highest BCUT2D eigenvalue weighted by molar-refractivity contribution is 5.76. The number of carbonyl (C=O) groups excluding carboxylic acids is 2. The summed E-state index contributed by atoms with van der Waals surface area (Å²) >= 11 is 0. The molecule has 86 heavy (non-hydrogen) atoms. The Morgan fingerprint density at radius 2 is 0.547 bits per heavy atom. The van der Waals surface area contributed by atoms with E-state index in [2.05, 4.69) is 31.3 Å². The Hall–Kier alpha value is -1.66. The minimum atomic E-state index is -0.841. The molecule has 6 heteroatoms. The van der Waals surface area contributed by atoms with Crippen molar-refractivity contribution in [1.29, 1.82) is 0 Å². The molecule has 0 saturated heterocycles. The highest BCUT2D eigenvalue weighted by atomic mass is 16.5. The number of esters is 1. The van der Waals surface area contributed by atoms with Crippen molar-refractivity contribution < 1.29 is 24.5 Å². The lowest BCUT2D eigenvalue weighted by Gasteiger charge is -2.20. The molecule has 0 aliphatic rings. The van der Waals surface area contributed by atoms with E-state index in [1.807, 2.05) is 6.08 Å². The van der Waals surface area contributed by atoms with Crippen LogP contribution in [0.15, 0.2) is 24.3 Å². The lowest BCUT2D eigenvalue weighted by molar-refractivity contribution is -0.143. The number of hydrogen-bond donors (Lipinski definition) is 3. The Bertz CT molecular complexity index is 1350. The van der Waals surface area contributed by atoms with Gasteiger partial charge in [0.05, 0.1) is 25.4 Å².